The maximum Gasteiger partial charge on any atom is 0.341 e. The summed E-state index contributed by atoms with van der Waals surface area (Å²) in [5.41, 5.74) is 1.32. The minimum Gasteiger partial charge on any atom is -0.477 e. The minimum absolute atomic E-state index is 0.0979. The number of anilines is 1. The Hall–Kier alpha value is -3.23. The van der Waals surface area contributed by atoms with Crippen LogP contribution < -0.4 is 10.3 Å². The lowest BCUT2D eigenvalue weighted by Gasteiger charge is -2.36. The third-order valence-electron chi connectivity index (χ3n) is 6.39. The average molecular weight is 466 g/mol. The smallest absolute Gasteiger partial charge is 0.341 e. The molecule has 0 unspecified atom stereocenters. The highest BCUT2D eigenvalue weighted by Gasteiger charge is 2.23. The van der Waals surface area contributed by atoms with Crippen molar-refractivity contribution < 1.29 is 14.3 Å². The molecule has 5 rings (SSSR count). The number of aromatic carboxylic acids is 1. The fourth-order valence-corrected chi connectivity index (χ4v) is 5.53. The number of nitrogens with zero attached hydrogens (tertiary/aromatic N) is 3. The summed E-state index contributed by atoms with van der Waals surface area (Å²) in [5, 5.41) is 12.8. The molecular formula is C25H24FN3O3S. The summed E-state index contributed by atoms with van der Waals surface area (Å²) in [6.07, 6.45) is 1.35. The molecule has 3 heterocycles. The number of aromatic nitrogens is 1. The normalized spacial score (nSPS) is 14.9. The van der Waals surface area contributed by atoms with Crippen LogP contribution >= 0.6 is 11.3 Å². The first-order valence-electron chi connectivity index (χ1n) is 11.0. The van der Waals surface area contributed by atoms with Gasteiger partial charge in [0.2, 0.25) is 5.43 Å². The van der Waals surface area contributed by atoms with Crippen molar-refractivity contribution in [1.29, 1.82) is 0 Å². The summed E-state index contributed by atoms with van der Waals surface area (Å²) in [6.45, 7) is 6.16. The van der Waals surface area contributed by atoms with Crippen molar-refractivity contribution in [2.45, 2.75) is 20.0 Å². The lowest BCUT2D eigenvalue weighted by molar-refractivity contribution is 0.0695. The van der Waals surface area contributed by atoms with Gasteiger partial charge in [-0.15, -0.1) is 11.3 Å². The molecule has 6 nitrogen and oxygen atoms in total. The van der Waals surface area contributed by atoms with Gasteiger partial charge in [-0.25, -0.2) is 9.18 Å². The predicted octanol–water partition coefficient (Wildman–Crippen LogP) is 4.40. The Labute approximate surface area is 194 Å². The molecule has 0 amide bonds. The van der Waals surface area contributed by atoms with Gasteiger partial charge in [-0.05, 0) is 41.5 Å². The number of hydrogen-bond acceptors (Lipinski definition) is 5. The van der Waals surface area contributed by atoms with Crippen LogP contribution in [0.2, 0.25) is 0 Å². The number of aryl methyl sites for hydroxylation is 1. The van der Waals surface area contributed by atoms with Crippen molar-refractivity contribution in [2.24, 2.45) is 0 Å². The Morgan fingerprint density at radius 2 is 1.94 bits per heavy atom. The van der Waals surface area contributed by atoms with Gasteiger partial charge in [-0.3, -0.25) is 9.69 Å². The minimum atomic E-state index is -1.30. The second-order valence-corrected chi connectivity index (χ2v) is 9.22. The molecule has 0 spiro atoms. The maximum atomic E-state index is 15.1. The zero-order valence-corrected chi connectivity index (χ0v) is 19.1. The van der Waals surface area contributed by atoms with Crippen molar-refractivity contribution in [1.82, 2.24) is 9.47 Å². The standard InChI is InChI=1S/C25H24FN3O3S/c1-2-28-15-19(25(31)32)23(30)18-12-20(26)22(13-21(18)28)29-9-7-27(8-10-29)14-17-5-3-4-16-6-11-33-24(16)17/h3-6,11-13,15H,2,7-10,14H2,1H3,(H,31,32). The van der Waals surface area contributed by atoms with Gasteiger partial charge in [0.05, 0.1) is 11.2 Å². The molecule has 170 valence electrons. The lowest BCUT2D eigenvalue weighted by Crippen LogP contribution is -2.46. The first kappa shape index (κ1) is 21.6. The van der Waals surface area contributed by atoms with Crippen LogP contribution in [-0.4, -0.2) is 46.7 Å². The van der Waals surface area contributed by atoms with Gasteiger partial charge in [0.15, 0.2) is 0 Å². The fourth-order valence-electron chi connectivity index (χ4n) is 4.62. The van der Waals surface area contributed by atoms with Gasteiger partial charge in [0, 0.05) is 55.6 Å². The van der Waals surface area contributed by atoms with Gasteiger partial charge < -0.3 is 14.6 Å². The van der Waals surface area contributed by atoms with Gasteiger partial charge >= 0.3 is 5.97 Å². The predicted molar refractivity (Wildman–Crippen MR) is 130 cm³/mol. The SMILES string of the molecule is CCn1cc(C(=O)O)c(=O)c2cc(F)c(N3CCN(Cc4cccc5ccsc45)CC3)cc21. The molecule has 1 fully saturated rings. The van der Waals surface area contributed by atoms with Gasteiger partial charge in [0.1, 0.15) is 11.4 Å². The zero-order chi connectivity index (χ0) is 23.1. The molecule has 33 heavy (non-hydrogen) atoms. The highest BCUT2D eigenvalue weighted by molar-refractivity contribution is 7.17. The average Bonchev–Trinajstić information content (AvgIpc) is 3.30. The Morgan fingerprint density at radius 3 is 2.67 bits per heavy atom. The fraction of sp³-hybridized carbons (Fsp3) is 0.280. The molecule has 0 aliphatic carbocycles. The van der Waals surface area contributed by atoms with E-state index in [-0.39, 0.29) is 10.9 Å². The number of pyridine rings is 1. The van der Waals surface area contributed by atoms with Gasteiger partial charge in [-0.1, -0.05) is 18.2 Å². The molecule has 4 aromatic rings. The molecule has 8 heteroatoms. The molecule has 1 N–H and O–H groups in total. The Kier molecular flexibility index (Phi) is 5.64. The summed E-state index contributed by atoms with van der Waals surface area (Å²) < 4.78 is 18.1. The summed E-state index contributed by atoms with van der Waals surface area (Å²) in [5.74, 6) is -1.80. The van der Waals surface area contributed by atoms with Crippen molar-refractivity contribution in [2.75, 3.05) is 31.1 Å². The van der Waals surface area contributed by atoms with E-state index in [1.165, 1.54) is 27.9 Å². The van der Waals surface area contributed by atoms with Crippen LogP contribution in [0.1, 0.15) is 22.8 Å². The molecule has 2 aromatic heterocycles. The second-order valence-electron chi connectivity index (χ2n) is 8.30. The number of fused-ring (bicyclic) bond motifs is 2. The molecule has 0 radical (unpaired) electrons. The third-order valence-corrected chi connectivity index (χ3v) is 7.39. The largest absolute Gasteiger partial charge is 0.477 e. The van der Waals surface area contributed by atoms with Gasteiger partial charge in [-0.2, -0.15) is 0 Å². The monoisotopic (exact) mass is 465 g/mol. The topological polar surface area (TPSA) is 65.8 Å². The lowest BCUT2D eigenvalue weighted by atomic mass is 10.1. The first-order valence-corrected chi connectivity index (χ1v) is 11.9. The number of carbonyl (C=O) groups is 1. The molecule has 1 aliphatic heterocycles. The van der Waals surface area contributed by atoms with Crippen LogP contribution in [0.4, 0.5) is 10.1 Å². The van der Waals surface area contributed by atoms with E-state index in [0.717, 1.165) is 19.6 Å². The summed E-state index contributed by atoms with van der Waals surface area (Å²) in [7, 11) is 0. The summed E-state index contributed by atoms with van der Waals surface area (Å²) >= 11 is 1.76. The van der Waals surface area contributed by atoms with Crippen molar-refractivity contribution in [3.05, 3.63) is 75.1 Å². The number of halogens is 1. The van der Waals surface area contributed by atoms with E-state index >= 15 is 4.39 Å². The molecule has 2 aromatic carbocycles. The van der Waals surface area contributed by atoms with Crippen LogP contribution in [-0.2, 0) is 13.1 Å². The molecular weight excluding hydrogens is 441 g/mol. The van der Waals surface area contributed by atoms with E-state index in [0.29, 0.717) is 30.8 Å². The number of rotatable bonds is 5. The molecule has 0 bridgehead atoms. The molecule has 0 saturated carbocycles. The van der Waals surface area contributed by atoms with Crippen LogP contribution in [0, 0.1) is 5.82 Å². The molecule has 1 saturated heterocycles. The number of carboxylic acids is 1. The van der Waals surface area contributed by atoms with Crippen LogP contribution in [0.5, 0.6) is 0 Å². The van der Waals surface area contributed by atoms with E-state index in [9.17, 15) is 14.7 Å². The van der Waals surface area contributed by atoms with E-state index < -0.39 is 17.2 Å². The van der Waals surface area contributed by atoms with E-state index in [2.05, 4.69) is 34.5 Å². The van der Waals surface area contributed by atoms with E-state index in [1.54, 1.807) is 22.0 Å². The molecule has 0 atom stereocenters. The van der Waals surface area contributed by atoms with Crippen molar-refractivity contribution in [3.63, 3.8) is 0 Å². The second kappa shape index (κ2) is 8.61. The summed E-state index contributed by atoms with van der Waals surface area (Å²) in [4.78, 5) is 28.4. The quantitative estimate of drug-likeness (QED) is 0.473. The first-order chi connectivity index (χ1) is 16.0. The van der Waals surface area contributed by atoms with Crippen LogP contribution in [0.3, 0.4) is 0 Å². The van der Waals surface area contributed by atoms with Crippen molar-refractivity contribution in [3.8, 4) is 0 Å². The highest BCUT2D eigenvalue weighted by atomic mass is 32.1. The summed E-state index contributed by atoms with van der Waals surface area (Å²) in [6, 6.07) is 11.4. The maximum absolute atomic E-state index is 15.1. The number of benzene rings is 2. The van der Waals surface area contributed by atoms with Gasteiger partial charge in [0.25, 0.3) is 0 Å². The Balaban J connectivity index is 1.39. The Morgan fingerprint density at radius 1 is 1.15 bits per heavy atom. The Bertz CT molecular complexity index is 1420. The highest BCUT2D eigenvalue weighted by Crippen LogP contribution is 2.28. The third kappa shape index (κ3) is 3.89. The number of piperazine rings is 1. The zero-order valence-electron chi connectivity index (χ0n) is 18.3. The number of thiophene rings is 1. The van der Waals surface area contributed by atoms with E-state index in [1.807, 2.05) is 11.8 Å². The van der Waals surface area contributed by atoms with Crippen LogP contribution in [0.25, 0.3) is 21.0 Å². The van der Waals surface area contributed by atoms with E-state index in [4.69, 9.17) is 0 Å². The van der Waals surface area contributed by atoms with Crippen molar-refractivity contribution >= 4 is 44.0 Å². The van der Waals surface area contributed by atoms with Crippen LogP contribution in [0.15, 0.2) is 52.8 Å². The number of carboxylic acid groups (broad SMARTS) is 1. The number of hydrogen-bond donors (Lipinski definition) is 1. The molecule has 1 aliphatic rings.